The number of Topliss-reactive ketones (excluding diaryl/α,β-unsaturated/α-hetero) is 1. The monoisotopic (exact) mass is 226 g/mol. The van der Waals surface area contributed by atoms with E-state index in [1.807, 2.05) is 20.8 Å². The molecule has 0 amide bonds. The Labute approximate surface area is 95.2 Å². The summed E-state index contributed by atoms with van der Waals surface area (Å²) < 4.78 is 5.29. The van der Waals surface area contributed by atoms with E-state index in [4.69, 9.17) is 16.3 Å². The largest absolute Gasteiger partial charge is 0.492 e. The Morgan fingerprint density at radius 1 is 1.47 bits per heavy atom. The van der Waals surface area contributed by atoms with Crippen molar-refractivity contribution in [2.45, 2.75) is 20.8 Å². The summed E-state index contributed by atoms with van der Waals surface area (Å²) in [6, 6.07) is 5.15. The van der Waals surface area contributed by atoms with Gasteiger partial charge in [0.1, 0.15) is 5.75 Å². The van der Waals surface area contributed by atoms with Crippen LogP contribution in [-0.4, -0.2) is 12.4 Å². The highest BCUT2D eigenvalue weighted by Gasteiger charge is 2.12. The van der Waals surface area contributed by atoms with Crippen molar-refractivity contribution < 1.29 is 9.53 Å². The van der Waals surface area contributed by atoms with Crippen LogP contribution in [0.2, 0.25) is 5.02 Å². The molecule has 1 aromatic rings. The summed E-state index contributed by atoms with van der Waals surface area (Å²) in [6.45, 7) is 6.19. The third-order valence-electron chi connectivity index (χ3n) is 2.04. The van der Waals surface area contributed by atoms with E-state index in [2.05, 4.69) is 0 Å². The van der Waals surface area contributed by atoms with Gasteiger partial charge in [-0.3, -0.25) is 4.79 Å². The molecule has 0 atom stereocenters. The molecule has 3 heteroatoms. The van der Waals surface area contributed by atoms with E-state index in [-0.39, 0.29) is 11.7 Å². The maximum absolute atomic E-state index is 11.7. The maximum Gasteiger partial charge on any atom is 0.165 e. The number of carbonyl (C=O) groups is 1. The van der Waals surface area contributed by atoms with Gasteiger partial charge in [-0.1, -0.05) is 25.4 Å². The molecule has 1 aromatic carbocycles. The minimum Gasteiger partial charge on any atom is -0.492 e. The highest BCUT2D eigenvalue weighted by atomic mass is 35.5. The molecule has 0 fully saturated rings. The highest BCUT2D eigenvalue weighted by molar-refractivity contribution is 6.32. The molecule has 15 heavy (non-hydrogen) atoms. The first-order valence-electron chi connectivity index (χ1n) is 5.02. The number of hydrogen-bond donors (Lipinski definition) is 0. The van der Waals surface area contributed by atoms with E-state index in [9.17, 15) is 4.79 Å². The van der Waals surface area contributed by atoms with Crippen molar-refractivity contribution in [2.75, 3.05) is 6.61 Å². The summed E-state index contributed by atoms with van der Waals surface area (Å²) in [6.07, 6.45) is 0. The molecule has 0 radical (unpaired) electrons. The molecule has 0 aliphatic heterocycles. The van der Waals surface area contributed by atoms with Crippen LogP contribution in [0, 0.1) is 5.92 Å². The van der Waals surface area contributed by atoms with Crippen LogP contribution >= 0.6 is 11.6 Å². The van der Waals surface area contributed by atoms with Crippen LogP contribution in [-0.2, 0) is 0 Å². The predicted octanol–water partition coefficient (Wildman–Crippen LogP) is 3.58. The molecule has 0 bridgehead atoms. The number of ether oxygens (including phenoxy) is 1. The van der Waals surface area contributed by atoms with Crippen LogP contribution in [0.15, 0.2) is 18.2 Å². The molecule has 0 aliphatic carbocycles. The molecule has 0 spiro atoms. The summed E-state index contributed by atoms with van der Waals surface area (Å²) >= 11 is 5.98. The van der Waals surface area contributed by atoms with Gasteiger partial charge in [0.15, 0.2) is 5.78 Å². The quantitative estimate of drug-likeness (QED) is 0.734. The van der Waals surface area contributed by atoms with Crippen LogP contribution < -0.4 is 4.74 Å². The summed E-state index contributed by atoms with van der Waals surface area (Å²) in [5.74, 6) is 0.707. The van der Waals surface area contributed by atoms with E-state index in [0.29, 0.717) is 22.9 Å². The summed E-state index contributed by atoms with van der Waals surface area (Å²) in [5.41, 5.74) is 0.637. The van der Waals surface area contributed by atoms with E-state index in [1.54, 1.807) is 18.2 Å². The van der Waals surface area contributed by atoms with E-state index < -0.39 is 0 Å². The van der Waals surface area contributed by atoms with Crippen LogP contribution in [0.1, 0.15) is 31.1 Å². The zero-order valence-electron chi connectivity index (χ0n) is 9.21. The second-order valence-corrected chi connectivity index (χ2v) is 4.00. The van der Waals surface area contributed by atoms with Gasteiger partial charge < -0.3 is 4.74 Å². The van der Waals surface area contributed by atoms with Crippen LogP contribution in [0.4, 0.5) is 0 Å². The first-order valence-corrected chi connectivity index (χ1v) is 5.40. The fourth-order valence-electron chi connectivity index (χ4n) is 1.26. The molecule has 2 nitrogen and oxygen atoms in total. The molecule has 0 aliphatic rings. The zero-order chi connectivity index (χ0) is 11.4. The molecule has 0 heterocycles. The Kier molecular flexibility index (Phi) is 4.15. The van der Waals surface area contributed by atoms with Gasteiger partial charge in [0.25, 0.3) is 0 Å². The van der Waals surface area contributed by atoms with Gasteiger partial charge >= 0.3 is 0 Å². The lowest BCUT2D eigenvalue weighted by Gasteiger charge is -2.08. The fraction of sp³-hybridized carbons (Fsp3) is 0.417. The normalized spacial score (nSPS) is 10.5. The van der Waals surface area contributed by atoms with Crippen LogP contribution in [0.3, 0.4) is 0 Å². The van der Waals surface area contributed by atoms with Gasteiger partial charge in [-0.25, -0.2) is 0 Å². The number of ketones is 1. The molecule has 1 rings (SSSR count). The lowest BCUT2D eigenvalue weighted by atomic mass is 10.0. The summed E-state index contributed by atoms with van der Waals surface area (Å²) in [4.78, 5) is 11.7. The van der Waals surface area contributed by atoms with Gasteiger partial charge in [0.2, 0.25) is 0 Å². The van der Waals surface area contributed by atoms with E-state index in [0.717, 1.165) is 0 Å². The Balaban J connectivity index is 2.96. The van der Waals surface area contributed by atoms with Crippen molar-refractivity contribution in [2.24, 2.45) is 5.92 Å². The van der Waals surface area contributed by atoms with Crippen LogP contribution in [0.25, 0.3) is 0 Å². The fourth-order valence-corrected chi connectivity index (χ4v) is 1.50. The summed E-state index contributed by atoms with van der Waals surface area (Å²) in [7, 11) is 0. The average molecular weight is 227 g/mol. The van der Waals surface area contributed by atoms with Crippen molar-refractivity contribution in [3.05, 3.63) is 28.8 Å². The van der Waals surface area contributed by atoms with Crippen molar-refractivity contribution in [3.8, 4) is 5.75 Å². The Morgan fingerprint density at radius 3 is 2.60 bits per heavy atom. The van der Waals surface area contributed by atoms with Crippen molar-refractivity contribution in [1.82, 2.24) is 0 Å². The van der Waals surface area contributed by atoms with Crippen molar-refractivity contribution in [3.63, 3.8) is 0 Å². The number of benzene rings is 1. The SMILES string of the molecule is CCOc1ccc(C(=O)C(C)C)cc1Cl. The topological polar surface area (TPSA) is 26.3 Å². The molecule has 0 aromatic heterocycles. The maximum atomic E-state index is 11.7. The minimum absolute atomic E-state index is 0.0148. The molecular weight excluding hydrogens is 212 g/mol. The molecule has 0 saturated carbocycles. The molecule has 82 valence electrons. The average Bonchev–Trinajstić information content (AvgIpc) is 2.20. The molecular formula is C12H15ClO2. The number of halogens is 1. The van der Waals surface area contributed by atoms with Crippen LogP contribution in [0.5, 0.6) is 5.75 Å². The number of rotatable bonds is 4. The van der Waals surface area contributed by atoms with Gasteiger partial charge in [-0.05, 0) is 25.1 Å². The molecule has 0 unspecified atom stereocenters. The van der Waals surface area contributed by atoms with Gasteiger partial charge in [0.05, 0.1) is 11.6 Å². The minimum atomic E-state index is -0.0148. The lowest BCUT2D eigenvalue weighted by Crippen LogP contribution is -2.07. The first kappa shape index (κ1) is 12.1. The first-order chi connectivity index (χ1) is 7.06. The van der Waals surface area contributed by atoms with Crippen molar-refractivity contribution >= 4 is 17.4 Å². The molecule has 0 N–H and O–H groups in total. The Hall–Kier alpha value is -1.02. The van der Waals surface area contributed by atoms with Gasteiger partial charge in [-0.2, -0.15) is 0 Å². The van der Waals surface area contributed by atoms with Gasteiger partial charge in [-0.15, -0.1) is 0 Å². The third kappa shape index (κ3) is 2.96. The van der Waals surface area contributed by atoms with Gasteiger partial charge in [0, 0.05) is 11.5 Å². The Morgan fingerprint density at radius 2 is 2.13 bits per heavy atom. The Bertz CT molecular complexity index is 359. The molecule has 0 saturated heterocycles. The second-order valence-electron chi connectivity index (χ2n) is 3.60. The smallest absolute Gasteiger partial charge is 0.165 e. The third-order valence-corrected chi connectivity index (χ3v) is 2.34. The predicted molar refractivity (Wildman–Crippen MR) is 61.8 cm³/mol. The number of hydrogen-bond acceptors (Lipinski definition) is 2. The van der Waals surface area contributed by atoms with E-state index in [1.165, 1.54) is 0 Å². The second kappa shape index (κ2) is 5.17. The zero-order valence-corrected chi connectivity index (χ0v) is 9.97. The highest BCUT2D eigenvalue weighted by Crippen LogP contribution is 2.26. The van der Waals surface area contributed by atoms with E-state index >= 15 is 0 Å². The van der Waals surface area contributed by atoms with Crippen molar-refractivity contribution in [1.29, 1.82) is 0 Å². The number of carbonyl (C=O) groups excluding carboxylic acids is 1. The summed E-state index contributed by atoms with van der Waals surface area (Å²) in [5, 5.41) is 0.489. The lowest BCUT2D eigenvalue weighted by molar-refractivity contribution is 0.0939. The standard InChI is InChI=1S/C12H15ClO2/c1-4-15-11-6-5-9(7-10(11)13)12(14)8(2)3/h5-8H,4H2,1-3H3.